The van der Waals surface area contributed by atoms with Crippen molar-refractivity contribution in [3.05, 3.63) is 16.6 Å². The molecule has 4 heteroatoms. The molecule has 88 valence electrons. The standard InChI is InChI=1S/C12H17NO2S/c14-12(15)10-3-1-2-9(8-10)4-5-11-13-6-7-16-11/h6-7,9-10H,1-5,8H2,(H,14,15). The normalized spacial score (nSPS) is 25.5. The van der Waals surface area contributed by atoms with Crippen LogP contribution in [0.1, 0.15) is 37.1 Å². The van der Waals surface area contributed by atoms with Crippen LogP contribution in [0.3, 0.4) is 0 Å². The topological polar surface area (TPSA) is 50.2 Å². The Hall–Kier alpha value is -0.900. The molecule has 0 radical (unpaired) electrons. The first-order valence-corrected chi connectivity index (χ1v) is 6.75. The fourth-order valence-corrected chi connectivity index (χ4v) is 3.12. The third-order valence-corrected chi connectivity index (χ3v) is 4.22. The molecular formula is C12H17NO2S. The number of nitrogens with zero attached hydrogens (tertiary/aromatic N) is 1. The summed E-state index contributed by atoms with van der Waals surface area (Å²) in [5.41, 5.74) is 0. The van der Waals surface area contributed by atoms with Crippen LogP contribution < -0.4 is 0 Å². The zero-order valence-electron chi connectivity index (χ0n) is 9.26. The highest BCUT2D eigenvalue weighted by molar-refractivity contribution is 7.09. The average Bonchev–Trinajstić information content (AvgIpc) is 2.79. The lowest BCUT2D eigenvalue weighted by molar-refractivity contribution is -0.143. The number of carboxylic acid groups (broad SMARTS) is 1. The van der Waals surface area contributed by atoms with Gasteiger partial charge in [0.05, 0.1) is 10.9 Å². The number of carboxylic acids is 1. The van der Waals surface area contributed by atoms with E-state index in [4.69, 9.17) is 5.11 Å². The largest absolute Gasteiger partial charge is 0.481 e. The maximum Gasteiger partial charge on any atom is 0.306 e. The number of hydrogen-bond donors (Lipinski definition) is 1. The zero-order valence-corrected chi connectivity index (χ0v) is 10.1. The second kappa shape index (κ2) is 5.43. The highest BCUT2D eigenvalue weighted by Gasteiger charge is 2.26. The molecule has 1 aliphatic rings. The van der Waals surface area contributed by atoms with E-state index in [0.717, 1.165) is 32.1 Å². The Morgan fingerprint density at radius 2 is 2.44 bits per heavy atom. The quantitative estimate of drug-likeness (QED) is 0.878. The van der Waals surface area contributed by atoms with Gasteiger partial charge < -0.3 is 5.11 Å². The van der Waals surface area contributed by atoms with Gasteiger partial charge in [-0.1, -0.05) is 12.8 Å². The van der Waals surface area contributed by atoms with Crippen molar-refractivity contribution in [3.8, 4) is 0 Å². The van der Waals surface area contributed by atoms with Gasteiger partial charge in [-0.05, 0) is 31.6 Å². The summed E-state index contributed by atoms with van der Waals surface area (Å²) in [5.74, 6) is -0.132. The lowest BCUT2D eigenvalue weighted by atomic mass is 9.79. The number of carbonyl (C=O) groups is 1. The Morgan fingerprint density at radius 1 is 1.56 bits per heavy atom. The highest BCUT2D eigenvalue weighted by atomic mass is 32.1. The molecule has 1 fully saturated rings. The molecule has 0 spiro atoms. The van der Waals surface area contributed by atoms with E-state index in [-0.39, 0.29) is 5.92 Å². The number of aromatic nitrogens is 1. The van der Waals surface area contributed by atoms with E-state index in [9.17, 15) is 4.79 Å². The van der Waals surface area contributed by atoms with Crippen LogP contribution in [0.2, 0.25) is 0 Å². The molecule has 0 aliphatic heterocycles. The third kappa shape index (κ3) is 3.04. The summed E-state index contributed by atoms with van der Waals surface area (Å²) in [6.07, 6.45) is 7.92. The van der Waals surface area contributed by atoms with Crippen molar-refractivity contribution in [2.75, 3.05) is 0 Å². The van der Waals surface area contributed by atoms with Crippen LogP contribution in [0.25, 0.3) is 0 Å². The Balaban J connectivity index is 1.79. The molecule has 0 aromatic carbocycles. The van der Waals surface area contributed by atoms with Gasteiger partial charge in [-0.15, -0.1) is 11.3 Å². The Morgan fingerprint density at radius 3 is 3.12 bits per heavy atom. The van der Waals surface area contributed by atoms with Crippen molar-refractivity contribution in [3.63, 3.8) is 0 Å². The minimum atomic E-state index is -0.612. The number of thiazole rings is 1. The molecule has 1 saturated carbocycles. The van der Waals surface area contributed by atoms with Gasteiger partial charge >= 0.3 is 5.97 Å². The van der Waals surface area contributed by atoms with Crippen molar-refractivity contribution in [1.82, 2.24) is 4.98 Å². The summed E-state index contributed by atoms with van der Waals surface area (Å²) >= 11 is 1.69. The maximum atomic E-state index is 10.9. The summed E-state index contributed by atoms with van der Waals surface area (Å²) in [7, 11) is 0. The second-order valence-corrected chi connectivity index (χ2v) is 5.51. The molecule has 0 bridgehead atoms. The molecule has 1 heterocycles. The molecule has 2 rings (SSSR count). The van der Waals surface area contributed by atoms with Crippen LogP contribution in [0.4, 0.5) is 0 Å². The maximum absolute atomic E-state index is 10.9. The summed E-state index contributed by atoms with van der Waals surface area (Å²) < 4.78 is 0. The van der Waals surface area contributed by atoms with Gasteiger partial charge in [0.25, 0.3) is 0 Å². The fraction of sp³-hybridized carbons (Fsp3) is 0.667. The van der Waals surface area contributed by atoms with Gasteiger partial charge in [-0.3, -0.25) is 4.79 Å². The van der Waals surface area contributed by atoms with Gasteiger partial charge in [0.15, 0.2) is 0 Å². The predicted molar refractivity (Wildman–Crippen MR) is 63.5 cm³/mol. The minimum absolute atomic E-state index is 0.102. The van der Waals surface area contributed by atoms with Crippen molar-refractivity contribution in [1.29, 1.82) is 0 Å². The van der Waals surface area contributed by atoms with Crippen molar-refractivity contribution in [2.24, 2.45) is 11.8 Å². The number of aliphatic carboxylic acids is 1. The lowest BCUT2D eigenvalue weighted by Gasteiger charge is -2.26. The van der Waals surface area contributed by atoms with E-state index < -0.39 is 5.97 Å². The van der Waals surface area contributed by atoms with Crippen molar-refractivity contribution < 1.29 is 9.90 Å². The molecule has 2 unspecified atom stereocenters. The van der Waals surface area contributed by atoms with E-state index in [1.165, 1.54) is 11.4 Å². The summed E-state index contributed by atoms with van der Waals surface area (Å²) in [6.45, 7) is 0. The minimum Gasteiger partial charge on any atom is -0.481 e. The van der Waals surface area contributed by atoms with E-state index in [0.29, 0.717) is 5.92 Å². The van der Waals surface area contributed by atoms with Gasteiger partial charge in [-0.2, -0.15) is 0 Å². The summed E-state index contributed by atoms with van der Waals surface area (Å²) in [4.78, 5) is 15.2. The Labute approximate surface area is 99.5 Å². The molecule has 1 aromatic heterocycles. The zero-order chi connectivity index (χ0) is 11.4. The SMILES string of the molecule is O=C(O)C1CCCC(CCc2nccs2)C1. The molecule has 0 amide bonds. The van der Waals surface area contributed by atoms with Crippen LogP contribution >= 0.6 is 11.3 Å². The molecule has 3 nitrogen and oxygen atoms in total. The number of hydrogen-bond acceptors (Lipinski definition) is 3. The molecule has 1 aromatic rings. The monoisotopic (exact) mass is 239 g/mol. The fourth-order valence-electron chi connectivity index (χ4n) is 2.48. The first kappa shape index (κ1) is 11.6. The van der Waals surface area contributed by atoms with Crippen LogP contribution in [0.15, 0.2) is 11.6 Å². The highest BCUT2D eigenvalue weighted by Crippen LogP contribution is 2.32. The molecule has 1 N–H and O–H groups in total. The van der Waals surface area contributed by atoms with Crippen molar-refractivity contribution >= 4 is 17.3 Å². The van der Waals surface area contributed by atoms with E-state index >= 15 is 0 Å². The van der Waals surface area contributed by atoms with Crippen LogP contribution in [-0.2, 0) is 11.2 Å². The van der Waals surface area contributed by atoms with E-state index in [1.807, 2.05) is 11.6 Å². The predicted octanol–water partition coefficient (Wildman–Crippen LogP) is 2.97. The summed E-state index contributed by atoms with van der Waals surface area (Å²) in [5, 5.41) is 12.2. The van der Waals surface area contributed by atoms with E-state index in [1.54, 1.807) is 11.3 Å². The molecule has 1 aliphatic carbocycles. The van der Waals surface area contributed by atoms with Gasteiger partial charge in [0.1, 0.15) is 0 Å². The molecule has 0 saturated heterocycles. The third-order valence-electron chi connectivity index (χ3n) is 3.38. The Bertz CT molecular complexity index is 337. The second-order valence-electron chi connectivity index (χ2n) is 4.53. The van der Waals surface area contributed by atoms with Gasteiger partial charge in [0, 0.05) is 11.6 Å². The van der Waals surface area contributed by atoms with Crippen molar-refractivity contribution in [2.45, 2.75) is 38.5 Å². The smallest absolute Gasteiger partial charge is 0.306 e. The van der Waals surface area contributed by atoms with Crippen LogP contribution in [-0.4, -0.2) is 16.1 Å². The molecule has 16 heavy (non-hydrogen) atoms. The van der Waals surface area contributed by atoms with Crippen LogP contribution in [0.5, 0.6) is 0 Å². The molecular weight excluding hydrogens is 222 g/mol. The Kier molecular flexibility index (Phi) is 3.93. The number of aryl methyl sites for hydroxylation is 1. The van der Waals surface area contributed by atoms with Gasteiger partial charge in [-0.25, -0.2) is 4.98 Å². The first-order chi connectivity index (χ1) is 7.75. The summed E-state index contributed by atoms with van der Waals surface area (Å²) in [6, 6.07) is 0. The molecule has 2 atom stereocenters. The number of rotatable bonds is 4. The van der Waals surface area contributed by atoms with Crippen LogP contribution in [0, 0.1) is 11.8 Å². The van der Waals surface area contributed by atoms with E-state index in [2.05, 4.69) is 4.98 Å². The average molecular weight is 239 g/mol. The first-order valence-electron chi connectivity index (χ1n) is 5.87. The lowest BCUT2D eigenvalue weighted by Crippen LogP contribution is -2.22. The van der Waals surface area contributed by atoms with Gasteiger partial charge in [0.2, 0.25) is 0 Å².